The monoisotopic (exact) mass is 317 g/mol. The van der Waals surface area contributed by atoms with Gasteiger partial charge in [-0.25, -0.2) is 17.9 Å². The van der Waals surface area contributed by atoms with Crippen LogP contribution >= 0.6 is 22.7 Å². The summed E-state index contributed by atoms with van der Waals surface area (Å²) in [5.41, 5.74) is 0. The molecule has 0 fully saturated rings. The summed E-state index contributed by atoms with van der Waals surface area (Å²) < 4.78 is 26.6. The SMILES string of the molecule is Cc1sc(C(=O)O)cc1S(=O)(=O)NCc1cccs1. The number of hydrogen-bond donors (Lipinski definition) is 2. The third-order valence-electron chi connectivity index (χ3n) is 2.39. The number of aromatic carboxylic acids is 1. The highest BCUT2D eigenvalue weighted by atomic mass is 32.2. The molecule has 2 aromatic rings. The van der Waals surface area contributed by atoms with Crippen molar-refractivity contribution in [3.63, 3.8) is 0 Å². The topological polar surface area (TPSA) is 83.5 Å². The summed E-state index contributed by atoms with van der Waals surface area (Å²) in [6, 6.07) is 4.86. The van der Waals surface area contributed by atoms with Crippen molar-refractivity contribution in [2.75, 3.05) is 0 Å². The van der Waals surface area contributed by atoms with Crippen LogP contribution in [0.3, 0.4) is 0 Å². The fourth-order valence-electron chi connectivity index (χ4n) is 1.49. The molecule has 0 aliphatic heterocycles. The summed E-state index contributed by atoms with van der Waals surface area (Å²) in [6.07, 6.45) is 0. The molecule has 5 nitrogen and oxygen atoms in total. The molecule has 102 valence electrons. The molecule has 2 aromatic heterocycles. The van der Waals surface area contributed by atoms with Crippen LogP contribution in [0.25, 0.3) is 0 Å². The van der Waals surface area contributed by atoms with Crippen LogP contribution in [0.5, 0.6) is 0 Å². The number of carboxylic acid groups (broad SMARTS) is 1. The fourth-order valence-corrected chi connectivity index (χ4v) is 4.67. The van der Waals surface area contributed by atoms with Crippen LogP contribution < -0.4 is 4.72 Å². The Morgan fingerprint density at radius 3 is 2.74 bits per heavy atom. The highest BCUT2D eigenvalue weighted by Gasteiger charge is 2.21. The third-order valence-corrected chi connectivity index (χ3v) is 5.96. The van der Waals surface area contributed by atoms with E-state index >= 15 is 0 Å². The zero-order valence-electron chi connectivity index (χ0n) is 9.91. The summed E-state index contributed by atoms with van der Waals surface area (Å²) in [7, 11) is -3.68. The van der Waals surface area contributed by atoms with Gasteiger partial charge in [-0.15, -0.1) is 22.7 Å². The van der Waals surface area contributed by atoms with E-state index < -0.39 is 16.0 Å². The van der Waals surface area contributed by atoms with E-state index in [0.717, 1.165) is 16.2 Å². The molecular formula is C11H11NO4S3. The summed E-state index contributed by atoms with van der Waals surface area (Å²) in [5.74, 6) is -1.12. The van der Waals surface area contributed by atoms with Crippen molar-refractivity contribution in [3.05, 3.63) is 38.2 Å². The molecule has 2 N–H and O–H groups in total. The fraction of sp³-hybridized carbons (Fsp3) is 0.182. The first kappa shape index (κ1) is 14.2. The van der Waals surface area contributed by atoms with Gasteiger partial charge in [0.1, 0.15) is 4.88 Å². The second kappa shape index (κ2) is 5.41. The van der Waals surface area contributed by atoms with Gasteiger partial charge in [-0.05, 0) is 24.4 Å². The van der Waals surface area contributed by atoms with Crippen molar-refractivity contribution in [1.29, 1.82) is 0 Å². The van der Waals surface area contributed by atoms with E-state index in [-0.39, 0.29) is 16.3 Å². The van der Waals surface area contributed by atoms with Crippen molar-refractivity contribution in [3.8, 4) is 0 Å². The number of carboxylic acids is 1. The first-order valence-corrected chi connectivity index (χ1v) is 8.44. The lowest BCUT2D eigenvalue weighted by Crippen LogP contribution is -2.22. The number of rotatable bonds is 5. The molecule has 0 bridgehead atoms. The Hall–Kier alpha value is -1.22. The van der Waals surface area contributed by atoms with Crippen LogP contribution in [-0.2, 0) is 16.6 Å². The zero-order valence-corrected chi connectivity index (χ0v) is 12.4. The molecule has 0 spiro atoms. The van der Waals surface area contributed by atoms with Gasteiger partial charge >= 0.3 is 5.97 Å². The molecule has 2 heterocycles. The van der Waals surface area contributed by atoms with E-state index in [1.54, 1.807) is 6.92 Å². The molecular weight excluding hydrogens is 306 g/mol. The number of nitrogens with one attached hydrogen (secondary N) is 1. The van der Waals surface area contributed by atoms with Crippen LogP contribution in [0, 0.1) is 6.92 Å². The van der Waals surface area contributed by atoms with Crippen molar-refractivity contribution in [1.82, 2.24) is 4.72 Å². The van der Waals surface area contributed by atoms with E-state index in [2.05, 4.69) is 4.72 Å². The molecule has 8 heteroatoms. The van der Waals surface area contributed by atoms with E-state index in [1.807, 2.05) is 17.5 Å². The zero-order chi connectivity index (χ0) is 14.0. The normalized spacial score (nSPS) is 11.6. The minimum absolute atomic E-state index is 0.0222. The predicted molar refractivity (Wildman–Crippen MR) is 74.4 cm³/mol. The number of hydrogen-bond acceptors (Lipinski definition) is 5. The molecule has 0 aliphatic carbocycles. The van der Waals surface area contributed by atoms with E-state index in [0.29, 0.717) is 4.88 Å². The van der Waals surface area contributed by atoms with Gasteiger partial charge < -0.3 is 5.11 Å². The quantitative estimate of drug-likeness (QED) is 0.886. The van der Waals surface area contributed by atoms with Crippen LogP contribution in [0.15, 0.2) is 28.5 Å². The number of thiophene rings is 2. The summed E-state index contributed by atoms with van der Waals surface area (Å²) >= 11 is 2.41. The maximum Gasteiger partial charge on any atom is 0.345 e. The van der Waals surface area contributed by atoms with Crippen molar-refractivity contribution >= 4 is 38.7 Å². The van der Waals surface area contributed by atoms with Gasteiger partial charge in [0.2, 0.25) is 10.0 Å². The molecule has 19 heavy (non-hydrogen) atoms. The predicted octanol–water partition coefficient (Wildman–Crippen LogP) is 2.29. The van der Waals surface area contributed by atoms with Crippen LogP contribution in [0.1, 0.15) is 19.4 Å². The summed E-state index contributed by atoms with van der Waals surface area (Å²) in [6.45, 7) is 1.80. The molecule has 0 atom stereocenters. The van der Waals surface area contributed by atoms with Crippen molar-refractivity contribution < 1.29 is 18.3 Å². The molecule has 0 saturated heterocycles. The lowest BCUT2D eigenvalue weighted by Gasteiger charge is -2.04. The first-order valence-electron chi connectivity index (χ1n) is 5.26. The molecule has 0 aliphatic rings. The third kappa shape index (κ3) is 3.21. The standard InChI is InChI=1S/C11H11NO4S3/c1-7-10(5-9(18-7)11(13)14)19(15,16)12-6-8-3-2-4-17-8/h2-5,12H,6H2,1H3,(H,13,14). The molecule has 0 unspecified atom stereocenters. The average molecular weight is 317 g/mol. The smallest absolute Gasteiger partial charge is 0.345 e. The van der Waals surface area contributed by atoms with E-state index in [9.17, 15) is 13.2 Å². The van der Waals surface area contributed by atoms with Crippen molar-refractivity contribution in [2.24, 2.45) is 0 Å². The minimum atomic E-state index is -3.68. The Kier molecular flexibility index (Phi) is 4.04. The lowest BCUT2D eigenvalue weighted by molar-refractivity contribution is 0.0702. The Bertz CT molecular complexity index is 686. The Balaban J connectivity index is 2.22. The number of carbonyl (C=O) groups is 1. The Morgan fingerprint density at radius 1 is 1.47 bits per heavy atom. The number of aryl methyl sites for hydroxylation is 1. The van der Waals surface area contributed by atoms with Gasteiger partial charge in [0, 0.05) is 16.3 Å². The van der Waals surface area contributed by atoms with Gasteiger partial charge in [-0.2, -0.15) is 0 Å². The van der Waals surface area contributed by atoms with Gasteiger partial charge in [0.05, 0.1) is 4.90 Å². The first-order chi connectivity index (χ1) is 8.90. The largest absolute Gasteiger partial charge is 0.477 e. The molecule has 0 saturated carbocycles. The van der Waals surface area contributed by atoms with E-state index in [1.165, 1.54) is 17.4 Å². The van der Waals surface area contributed by atoms with Gasteiger partial charge in [-0.1, -0.05) is 6.07 Å². The Labute approximate surface area is 118 Å². The highest BCUT2D eigenvalue weighted by molar-refractivity contribution is 7.89. The second-order valence-corrected chi connectivity index (χ2v) is 7.76. The van der Waals surface area contributed by atoms with Crippen LogP contribution in [0.2, 0.25) is 0 Å². The Morgan fingerprint density at radius 2 is 2.21 bits per heavy atom. The number of sulfonamides is 1. The van der Waals surface area contributed by atoms with E-state index in [4.69, 9.17) is 5.11 Å². The molecule has 0 aromatic carbocycles. The maximum absolute atomic E-state index is 12.1. The highest BCUT2D eigenvalue weighted by Crippen LogP contribution is 2.25. The average Bonchev–Trinajstić information content (AvgIpc) is 2.95. The molecule has 2 rings (SSSR count). The molecule has 0 radical (unpaired) electrons. The minimum Gasteiger partial charge on any atom is -0.477 e. The van der Waals surface area contributed by atoms with Gasteiger partial charge in [-0.3, -0.25) is 0 Å². The van der Waals surface area contributed by atoms with Crippen LogP contribution in [0.4, 0.5) is 0 Å². The van der Waals surface area contributed by atoms with Crippen molar-refractivity contribution in [2.45, 2.75) is 18.4 Å². The van der Waals surface area contributed by atoms with Crippen LogP contribution in [-0.4, -0.2) is 19.5 Å². The maximum atomic E-state index is 12.1. The van der Waals surface area contributed by atoms with Gasteiger partial charge in [0.25, 0.3) is 0 Å². The van der Waals surface area contributed by atoms with Gasteiger partial charge in [0.15, 0.2) is 0 Å². The second-order valence-electron chi connectivity index (χ2n) is 3.74. The summed E-state index contributed by atoms with van der Waals surface area (Å²) in [5, 5.41) is 10.7. The summed E-state index contributed by atoms with van der Waals surface area (Å²) in [4.78, 5) is 12.3. The molecule has 0 amide bonds. The lowest BCUT2D eigenvalue weighted by atomic mass is 10.4.